The summed E-state index contributed by atoms with van der Waals surface area (Å²) in [6.07, 6.45) is -1.22. The van der Waals surface area contributed by atoms with Gasteiger partial charge in [0, 0.05) is 0 Å². The normalized spacial score (nSPS) is 35.0. The van der Waals surface area contributed by atoms with Gasteiger partial charge in [0.25, 0.3) is 0 Å². The van der Waals surface area contributed by atoms with Gasteiger partial charge in [0.15, 0.2) is 0 Å². The third kappa shape index (κ3) is 2.61. The second-order valence-corrected chi connectivity index (χ2v) is 3.75. The number of alkyl halides is 1. The van der Waals surface area contributed by atoms with Crippen molar-refractivity contribution in [1.82, 2.24) is 0 Å². The molecule has 0 aromatic rings. The van der Waals surface area contributed by atoms with Crippen molar-refractivity contribution in [3.63, 3.8) is 0 Å². The van der Waals surface area contributed by atoms with E-state index in [9.17, 15) is 8.60 Å². The Labute approximate surface area is 75.4 Å². The van der Waals surface area contributed by atoms with Crippen molar-refractivity contribution in [3.8, 4) is 0 Å². The van der Waals surface area contributed by atoms with Gasteiger partial charge in [0.05, 0.1) is 15.7 Å². The Morgan fingerprint density at radius 2 is 1.89 bits per heavy atom. The average Bonchev–Trinajstić information content (AvgIpc) is 2.13. The van der Waals surface area contributed by atoms with Gasteiger partial charge in [-0.3, -0.25) is 0 Å². The Balaban J connectivity index is 0.000000640. The average molecular weight is 166 g/mol. The fraction of sp³-hybridized carbons (Fsp3) is 1.00. The summed E-state index contributed by atoms with van der Waals surface area (Å²) in [7, 11) is -4.06. The summed E-state index contributed by atoms with van der Waals surface area (Å²) >= 11 is 0. The predicted molar refractivity (Wildman–Crippen MR) is 35.2 cm³/mol. The molecule has 0 aliphatic heterocycles. The van der Waals surface area contributed by atoms with Crippen LogP contribution in [-0.4, -0.2) is 54.3 Å². The minimum atomic E-state index is -4.06. The molecule has 3 nitrogen and oxygen atoms in total. The van der Waals surface area contributed by atoms with Gasteiger partial charge < -0.3 is 9.11 Å². The first-order valence-electron chi connectivity index (χ1n) is 2.21. The Kier molecular flexibility index (Phi) is 3.27. The van der Waals surface area contributed by atoms with Gasteiger partial charge in [-0.15, -0.1) is 0 Å². The summed E-state index contributed by atoms with van der Waals surface area (Å²) < 4.78 is 38.2. The van der Waals surface area contributed by atoms with Crippen molar-refractivity contribution in [2.45, 2.75) is 17.8 Å². The van der Waals surface area contributed by atoms with E-state index >= 15 is 0 Å². The van der Waals surface area contributed by atoms with E-state index in [1.807, 2.05) is 0 Å². The van der Waals surface area contributed by atoms with Crippen LogP contribution in [0.4, 0.5) is 4.39 Å². The Bertz CT molecular complexity index is 146. The van der Waals surface area contributed by atoms with Crippen LogP contribution in [0.3, 0.4) is 0 Å². The monoisotopic (exact) mass is 166 g/mol. The fourth-order valence-electron chi connectivity index (χ4n) is 0.500. The molecule has 1 rings (SSSR count). The van der Waals surface area contributed by atoms with Gasteiger partial charge >= 0.3 is 29.6 Å². The molecule has 0 heterocycles. The molecule has 1 saturated carbocycles. The summed E-state index contributed by atoms with van der Waals surface area (Å²) in [4.78, 5) is 0. The van der Waals surface area contributed by atoms with E-state index in [0.29, 0.717) is 0 Å². The van der Waals surface area contributed by atoms with Crippen LogP contribution in [0.25, 0.3) is 0 Å². The van der Waals surface area contributed by atoms with Crippen LogP contribution in [0, 0.1) is 0 Å². The van der Waals surface area contributed by atoms with Crippen LogP contribution in [-0.2, 0) is 10.5 Å². The quantitative estimate of drug-likeness (QED) is 0.360. The van der Waals surface area contributed by atoms with E-state index in [1.54, 1.807) is 0 Å². The number of rotatable bonds is 1. The van der Waals surface area contributed by atoms with Crippen LogP contribution < -0.4 is 0 Å². The third-order valence-electron chi connectivity index (χ3n) is 1.11. The zero-order valence-electron chi connectivity index (χ0n) is 3.99. The van der Waals surface area contributed by atoms with E-state index in [4.69, 9.17) is 9.11 Å². The Hall–Kier alpha value is 1.00. The van der Waals surface area contributed by atoms with E-state index in [-0.39, 0.29) is 36.0 Å². The topological polar surface area (TPSA) is 57.5 Å². The molecule has 0 saturated heterocycles. The van der Waals surface area contributed by atoms with E-state index in [2.05, 4.69) is 0 Å². The van der Waals surface area contributed by atoms with E-state index < -0.39 is 21.9 Å². The fourth-order valence-corrected chi connectivity index (χ4v) is 1.40. The minimum absolute atomic E-state index is 0. The maximum absolute atomic E-state index is 11.8. The molecular formula is C3H8FNaO3S. The zero-order chi connectivity index (χ0) is 6.36. The number of hydrogen-bond acceptors (Lipinski definition) is 1. The van der Waals surface area contributed by atoms with Crippen LogP contribution in [0.2, 0.25) is 0 Å². The summed E-state index contributed by atoms with van der Waals surface area (Å²) in [6, 6.07) is 0. The van der Waals surface area contributed by atoms with Gasteiger partial charge in [0.2, 0.25) is 0 Å². The second-order valence-electron chi connectivity index (χ2n) is 1.91. The van der Waals surface area contributed by atoms with E-state index in [0.717, 1.165) is 0 Å². The summed E-state index contributed by atoms with van der Waals surface area (Å²) in [5.41, 5.74) is 0. The molecule has 1 aliphatic rings. The molecule has 6 heteroatoms. The summed E-state index contributed by atoms with van der Waals surface area (Å²) in [6.45, 7) is 0. The van der Waals surface area contributed by atoms with Crippen LogP contribution >= 0.6 is 0 Å². The molecule has 0 amide bonds. The van der Waals surface area contributed by atoms with Crippen molar-refractivity contribution in [1.29, 1.82) is 0 Å². The first-order valence-corrected chi connectivity index (χ1v) is 3.89. The Morgan fingerprint density at radius 3 is 1.89 bits per heavy atom. The first-order chi connectivity index (χ1) is 3.52. The maximum atomic E-state index is 11.8. The van der Waals surface area contributed by atoms with Crippen LogP contribution in [0.5, 0.6) is 0 Å². The molecule has 2 N–H and O–H groups in total. The number of hydrogen-bond donors (Lipinski definition) is 3. The van der Waals surface area contributed by atoms with Gasteiger partial charge in [-0.2, -0.15) is 0 Å². The first kappa shape index (κ1) is 10.0. The predicted octanol–water partition coefficient (Wildman–Crippen LogP) is -0.589. The van der Waals surface area contributed by atoms with Gasteiger partial charge in [-0.25, -0.2) is 8.60 Å². The molecule has 1 aliphatic carbocycles. The molecule has 0 spiro atoms. The molecular weight excluding hydrogens is 158 g/mol. The molecule has 0 bridgehead atoms. The van der Waals surface area contributed by atoms with Gasteiger partial charge in [-0.05, 0) is 6.42 Å². The zero-order valence-corrected chi connectivity index (χ0v) is 4.88. The molecule has 9 heavy (non-hydrogen) atoms. The van der Waals surface area contributed by atoms with Gasteiger partial charge in [-0.1, -0.05) is 0 Å². The SMILES string of the molecule is O=[SH](O)(O)C1CC1F.[NaH]. The van der Waals surface area contributed by atoms with Crippen molar-refractivity contribution in [2.75, 3.05) is 0 Å². The molecule has 0 aromatic heterocycles. The molecule has 1 fully saturated rings. The summed E-state index contributed by atoms with van der Waals surface area (Å²) in [5.74, 6) is 0. The number of halogens is 1. The van der Waals surface area contributed by atoms with Crippen LogP contribution in [0.1, 0.15) is 6.42 Å². The third-order valence-corrected chi connectivity index (χ3v) is 2.51. The molecule has 0 radical (unpaired) electrons. The second kappa shape index (κ2) is 2.94. The van der Waals surface area contributed by atoms with Crippen molar-refractivity contribution in [2.24, 2.45) is 0 Å². The van der Waals surface area contributed by atoms with Crippen molar-refractivity contribution < 1.29 is 17.7 Å². The van der Waals surface area contributed by atoms with E-state index in [1.165, 1.54) is 0 Å². The standard InChI is InChI=1S/C3H7FO3S.Na.H/c4-2-1-3(2)8(5,6)7;;/h2-3,8H,1H2,(H2,5,6,7);;. The van der Waals surface area contributed by atoms with Gasteiger partial charge in [0.1, 0.15) is 6.17 Å². The molecule has 2 atom stereocenters. The number of thiol groups is 1. The summed E-state index contributed by atoms with van der Waals surface area (Å²) in [5, 5.41) is -0.984. The molecule has 52 valence electrons. The molecule has 0 aromatic carbocycles. The van der Waals surface area contributed by atoms with Crippen molar-refractivity contribution >= 4 is 40.1 Å². The van der Waals surface area contributed by atoms with Crippen molar-refractivity contribution in [3.05, 3.63) is 0 Å². The Morgan fingerprint density at radius 1 is 1.56 bits per heavy atom. The van der Waals surface area contributed by atoms with Crippen LogP contribution in [0.15, 0.2) is 0 Å². The molecule has 2 unspecified atom stereocenters.